The third-order valence-electron chi connectivity index (χ3n) is 2.58. The van der Waals surface area contributed by atoms with Crippen LogP contribution in [0.15, 0.2) is 0 Å². The first-order valence-corrected chi connectivity index (χ1v) is 4.99. The van der Waals surface area contributed by atoms with E-state index in [0.29, 0.717) is 0 Å². The van der Waals surface area contributed by atoms with Crippen LogP contribution in [-0.4, -0.2) is 18.1 Å². The summed E-state index contributed by atoms with van der Waals surface area (Å²) < 4.78 is 0. The highest BCUT2D eigenvalue weighted by Gasteiger charge is 2.24. The average Bonchev–Trinajstić information content (AvgIpc) is 1.81. The zero-order valence-corrected chi connectivity index (χ0v) is 8.56. The predicted octanol–water partition coefficient (Wildman–Crippen LogP) is 1.50. The van der Waals surface area contributed by atoms with Crippen LogP contribution in [0.4, 0.5) is 0 Å². The molecule has 0 bridgehead atoms. The molecule has 0 amide bonds. The Labute approximate surface area is 75.9 Å². The number of nitrogens with two attached hydrogens (primary N) is 1. The Hall–Kier alpha value is -0.0800. The van der Waals surface area contributed by atoms with Crippen molar-refractivity contribution in [3.8, 4) is 0 Å². The van der Waals surface area contributed by atoms with Crippen molar-refractivity contribution in [2.24, 2.45) is 11.7 Å². The molecule has 0 aromatic rings. The molecule has 1 fully saturated rings. The van der Waals surface area contributed by atoms with Crippen molar-refractivity contribution in [1.82, 2.24) is 5.32 Å². The number of rotatable bonds is 4. The zero-order chi connectivity index (χ0) is 9.19. The van der Waals surface area contributed by atoms with Gasteiger partial charge in [-0.05, 0) is 45.6 Å². The first-order chi connectivity index (χ1) is 5.47. The SMILES string of the molecule is CC1CC(NCCC(C)(C)N)C1. The molecule has 1 rings (SSSR count). The van der Waals surface area contributed by atoms with E-state index in [2.05, 4.69) is 26.1 Å². The molecule has 3 N–H and O–H groups in total. The molecular weight excluding hydrogens is 148 g/mol. The van der Waals surface area contributed by atoms with Gasteiger partial charge in [0.2, 0.25) is 0 Å². The Balaban J connectivity index is 1.97. The third kappa shape index (κ3) is 3.55. The molecule has 0 unspecified atom stereocenters. The number of hydrogen-bond acceptors (Lipinski definition) is 2. The van der Waals surface area contributed by atoms with Crippen molar-refractivity contribution < 1.29 is 0 Å². The molecule has 0 saturated heterocycles. The first kappa shape index (κ1) is 10.0. The van der Waals surface area contributed by atoms with Crippen LogP contribution < -0.4 is 11.1 Å². The van der Waals surface area contributed by atoms with E-state index >= 15 is 0 Å². The zero-order valence-electron chi connectivity index (χ0n) is 8.56. The second kappa shape index (κ2) is 3.75. The minimum absolute atomic E-state index is 0.0115. The molecule has 2 nitrogen and oxygen atoms in total. The molecule has 0 radical (unpaired) electrons. The van der Waals surface area contributed by atoms with Gasteiger partial charge in [-0.25, -0.2) is 0 Å². The van der Waals surface area contributed by atoms with Crippen molar-refractivity contribution in [3.63, 3.8) is 0 Å². The van der Waals surface area contributed by atoms with Crippen LogP contribution in [-0.2, 0) is 0 Å². The van der Waals surface area contributed by atoms with Crippen molar-refractivity contribution >= 4 is 0 Å². The maximum Gasteiger partial charge on any atom is 0.0109 e. The summed E-state index contributed by atoms with van der Waals surface area (Å²) in [6.45, 7) is 7.54. The summed E-state index contributed by atoms with van der Waals surface area (Å²) >= 11 is 0. The highest BCUT2D eigenvalue weighted by Crippen LogP contribution is 2.26. The molecule has 0 atom stereocenters. The fraction of sp³-hybridized carbons (Fsp3) is 1.00. The van der Waals surface area contributed by atoms with Gasteiger partial charge in [0.05, 0.1) is 0 Å². The van der Waals surface area contributed by atoms with Gasteiger partial charge in [-0.3, -0.25) is 0 Å². The summed E-state index contributed by atoms with van der Waals surface area (Å²) in [6, 6.07) is 0.780. The Morgan fingerprint density at radius 3 is 2.42 bits per heavy atom. The van der Waals surface area contributed by atoms with Gasteiger partial charge in [-0.15, -0.1) is 0 Å². The molecule has 72 valence electrons. The van der Waals surface area contributed by atoms with Gasteiger partial charge in [0.1, 0.15) is 0 Å². The van der Waals surface area contributed by atoms with Gasteiger partial charge in [0.25, 0.3) is 0 Å². The van der Waals surface area contributed by atoms with Crippen LogP contribution >= 0.6 is 0 Å². The summed E-state index contributed by atoms with van der Waals surface area (Å²) in [4.78, 5) is 0. The van der Waals surface area contributed by atoms with Crippen LogP contribution in [0.25, 0.3) is 0 Å². The van der Waals surface area contributed by atoms with E-state index < -0.39 is 0 Å². The van der Waals surface area contributed by atoms with Crippen LogP contribution in [0.3, 0.4) is 0 Å². The minimum atomic E-state index is -0.0115. The molecular formula is C10H22N2. The van der Waals surface area contributed by atoms with E-state index in [1.165, 1.54) is 12.8 Å². The van der Waals surface area contributed by atoms with Gasteiger partial charge in [-0.2, -0.15) is 0 Å². The van der Waals surface area contributed by atoms with Gasteiger partial charge >= 0.3 is 0 Å². The van der Waals surface area contributed by atoms with E-state index in [1.54, 1.807) is 0 Å². The second-order valence-corrected chi connectivity index (χ2v) is 4.97. The maximum atomic E-state index is 5.87. The number of nitrogens with one attached hydrogen (secondary N) is 1. The molecule has 0 heterocycles. The summed E-state index contributed by atoms with van der Waals surface area (Å²) in [5, 5.41) is 3.53. The van der Waals surface area contributed by atoms with E-state index in [4.69, 9.17) is 5.73 Å². The second-order valence-electron chi connectivity index (χ2n) is 4.97. The molecule has 0 spiro atoms. The van der Waals surface area contributed by atoms with E-state index in [1.807, 2.05) is 0 Å². The van der Waals surface area contributed by atoms with Crippen molar-refractivity contribution in [1.29, 1.82) is 0 Å². The molecule has 0 aromatic carbocycles. The molecule has 0 aromatic heterocycles. The Bertz CT molecular complexity index is 131. The topological polar surface area (TPSA) is 38.0 Å². The van der Waals surface area contributed by atoms with Crippen molar-refractivity contribution in [3.05, 3.63) is 0 Å². The fourth-order valence-electron chi connectivity index (χ4n) is 1.67. The lowest BCUT2D eigenvalue weighted by Crippen LogP contribution is -2.43. The largest absolute Gasteiger partial charge is 0.326 e. The molecule has 1 saturated carbocycles. The lowest BCUT2D eigenvalue weighted by molar-refractivity contribution is 0.237. The standard InChI is InChI=1S/C10H22N2/c1-8-6-9(7-8)12-5-4-10(2,3)11/h8-9,12H,4-7,11H2,1-3H3. The third-order valence-corrected chi connectivity index (χ3v) is 2.58. The molecule has 1 aliphatic carbocycles. The Kier molecular flexibility index (Phi) is 3.13. The van der Waals surface area contributed by atoms with Gasteiger partial charge in [0.15, 0.2) is 0 Å². The highest BCUT2D eigenvalue weighted by atomic mass is 14.9. The molecule has 1 aliphatic rings. The van der Waals surface area contributed by atoms with Crippen molar-refractivity contribution in [2.45, 2.75) is 51.6 Å². The molecule has 12 heavy (non-hydrogen) atoms. The summed E-state index contributed by atoms with van der Waals surface area (Å²) in [7, 11) is 0. The van der Waals surface area contributed by atoms with Gasteiger partial charge in [0, 0.05) is 11.6 Å². The Morgan fingerprint density at radius 1 is 1.42 bits per heavy atom. The highest BCUT2D eigenvalue weighted by molar-refractivity contribution is 4.83. The van der Waals surface area contributed by atoms with Crippen LogP contribution in [0.2, 0.25) is 0 Å². The summed E-state index contributed by atoms with van der Waals surface area (Å²) in [6.07, 6.45) is 3.77. The summed E-state index contributed by atoms with van der Waals surface area (Å²) in [5.41, 5.74) is 5.86. The van der Waals surface area contributed by atoms with Crippen LogP contribution in [0, 0.1) is 5.92 Å². The predicted molar refractivity (Wildman–Crippen MR) is 53.1 cm³/mol. The summed E-state index contributed by atoms with van der Waals surface area (Å²) in [5.74, 6) is 0.938. The number of hydrogen-bond donors (Lipinski definition) is 2. The maximum absolute atomic E-state index is 5.87. The quantitative estimate of drug-likeness (QED) is 0.671. The van der Waals surface area contributed by atoms with Crippen LogP contribution in [0.1, 0.15) is 40.0 Å². The Morgan fingerprint density at radius 2 is 2.00 bits per heavy atom. The van der Waals surface area contributed by atoms with Gasteiger partial charge in [-0.1, -0.05) is 6.92 Å². The van der Waals surface area contributed by atoms with E-state index in [9.17, 15) is 0 Å². The average molecular weight is 170 g/mol. The monoisotopic (exact) mass is 170 g/mol. The molecule has 2 heteroatoms. The smallest absolute Gasteiger partial charge is 0.0109 e. The fourth-order valence-corrected chi connectivity index (χ4v) is 1.67. The van der Waals surface area contributed by atoms with Crippen LogP contribution in [0.5, 0.6) is 0 Å². The first-order valence-electron chi connectivity index (χ1n) is 4.99. The molecule has 0 aliphatic heterocycles. The van der Waals surface area contributed by atoms with E-state index in [0.717, 1.165) is 24.9 Å². The van der Waals surface area contributed by atoms with Gasteiger partial charge < -0.3 is 11.1 Å². The van der Waals surface area contributed by atoms with Crippen molar-refractivity contribution in [2.75, 3.05) is 6.54 Å². The lowest BCUT2D eigenvalue weighted by Gasteiger charge is -2.34. The normalized spacial score (nSPS) is 30.0. The van der Waals surface area contributed by atoms with E-state index in [-0.39, 0.29) is 5.54 Å². The minimum Gasteiger partial charge on any atom is -0.326 e. The lowest BCUT2D eigenvalue weighted by atomic mass is 9.82.